The molecule has 2 heterocycles. The van der Waals surface area contributed by atoms with Gasteiger partial charge in [0.1, 0.15) is 11.9 Å². The lowest BCUT2D eigenvalue weighted by Crippen LogP contribution is -2.20. The summed E-state index contributed by atoms with van der Waals surface area (Å²) in [7, 11) is 1.51. The van der Waals surface area contributed by atoms with Gasteiger partial charge in [0.2, 0.25) is 6.79 Å². The zero-order valence-corrected chi connectivity index (χ0v) is 18.7. The molecule has 0 saturated heterocycles. The van der Waals surface area contributed by atoms with Gasteiger partial charge in [-0.2, -0.15) is 5.26 Å². The molecular formula is C26H20N4O5. The first-order chi connectivity index (χ1) is 17.1. The third-order valence-corrected chi connectivity index (χ3v) is 5.28. The number of amides is 1. The number of hydrogen-bond acceptors (Lipinski definition) is 7. The summed E-state index contributed by atoms with van der Waals surface area (Å²) in [6.07, 6.45) is 1.70. The van der Waals surface area contributed by atoms with Crippen molar-refractivity contribution in [3.05, 3.63) is 72.1 Å². The smallest absolute Gasteiger partial charge is 0.262 e. The maximum Gasteiger partial charge on any atom is 0.262 e. The number of nitrogens with zero attached hydrogens (tertiary/aromatic N) is 2. The van der Waals surface area contributed by atoms with E-state index < -0.39 is 0 Å². The molecule has 5 rings (SSSR count). The molecular weight excluding hydrogens is 448 g/mol. The zero-order valence-electron chi connectivity index (χ0n) is 18.7. The summed E-state index contributed by atoms with van der Waals surface area (Å²) >= 11 is 0. The average Bonchev–Trinajstić information content (AvgIpc) is 3.52. The molecule has 0 fully saturated rings. The van der Waals surface area contributed by atoms with E-state index >= 15 is 0 Å². The number of methoxy groups -OCH3 is 1. The normalized spacial score (nSPS) is 12.3. The molecule has 0 aliphatic carbocycles. The van der Waals surface area contributed by atoms with E-state index in [4.69, 9.17) is 18.9 Å². The Morgan fingerprint density at radius 3 is 2.83 bits per heavy atom. The molecule has 0 atom stereocenters. The Morgan fingerprint density at radius 1 is 1.14 bits per heavy atom. The number of nitrogens with one attached hydrogen (secondary N) is 2. The van der Waals surface area contributed by atoms with E-state index in [0.29, 0.717) is 40.1 Å². The fourth-order valence-electron chi connectivity index (χ4n) is 3.61. The van der Waals surface area contributed by atoms with Gasteiger partial charge in [-0.25, -0.2) is 4.98 Å². The number of aromatic nitrogens is 2. The number of nitriles is 1. The van der Waals surface area contributed by atoms with Crippen LogP contribution < -0.4 is 24.3 Å². The first-order valence-electron chi connectivity index (χ1n) is 10.7. The number of para-hydroxylation sites is 2. The summed E-state index contributed by atoms with van der Waals surface area (Å²) in [5.41, 5.74) is 3.30. The Morgan fingerprint density at radius 2 is 2.00 bits per heavy atom. The minimum atomic E-state index is -0.341. The Kier molecular flexibility index (Phi) is 5.92. The van der Waals surface area contributed by atoms with Crippen molar-refractivity contribution in [3.8, 4) is 29.1 Å². The Bertz CT molecular complexity index is 1450. The summed E-state index contributed by atoms with van der Waals surface area (Å²) in [6.45, 7) is -0.0582. The summed E-state index contributed by atoms with van der Waals surface area (Å²) in [5.74, 6) is 2.18. The molecule has 4 aromatic rings. The van der Waals surface area contributed by atoms with E-state index in [0.717, 1.165) is 16.6 Å². The molecule has 35 heavy (non-hydrogen) atoms. The predicted octanol–water partition coefficient (Wildman–Crippen LogP) is 4.38. The minimum absolute atomic E-state index is 0.162. The van der Waals surface area contributed by atoms with Crippen LogP contribution in [0.2, 0.25) is 0 Å². The van der Waals surface area contributed by atoms with E-state index in [9.17, 15) is 10.1 Å². The highest BCUT2D eigenvalue weighted by Crippen LogP contribution is 2.34. The van der Waals surface area contributed by atoms with Crippen molar-refractivity contribution in [2.45, 2.75) is 0 Å². The molecule has 9 nitrogen and oxygen atoms in total. The summed E-state index contributed by atoms with van der Waals surface area (Å²) < 4.78 is 21.7. The van der Waals surface area contributed by atoms with Crippen LogP contribution in [0.25, 0.3) is 22.7 Å². The van der Waals surface area contributed by atoms with Gasteiger partial charge in [0.05, 0.1) is 23.7 Å². The molecule has 1 aliphatic rings. The molecule has 0 spiro atoms. The topological polar surface area (TPSA) is 118 Å². The van der Waals surface area contributed by atoms with Crippen molar-refractivity contribution in [2.24, 2.45) is 0 Å². The third-order valence-electron chi connectivity index (χ3n) is 5.28. The highest BCUT2D eigenvalue weighted by molar-refractivity contribution is 5.92. The molecule has 0 unspecified atom stereocenters. The molecule has 9 heteroatoms. The average molecular weight is 468 g/mol. The second kappa shape index (κ2) is 9.49. The molecule has 1 aliphatic heterocycles. The van der Waals surface area contributed by atoms with Crippen molar-refractivity contribution >= 4 is 34.3 Å². The van der Waals surface area contributed by atoms with Crippen LogP contribution >= 0.6 is 0 Å². The summed E-state index contributed by atoms with van der Waals surface area (Å²) in [5, 5.41) is 12.4. The largest absolute Gasteiger partial charge is 0.493 e. The van der Waals surface area contributed by atoms with Crippen LogP contribution in [0.3, 0.4) is 0 Å². The van der Waals surface area contributed by atoms with Gasteiger partial charge >= 0.3 is 0 Å². The molecule has 0 bridgehead atoms. The number of hydrogen-bond donors (Lipinski definition) is 2. The number of rotatable bonds is 7. The third kappa shape index (κ3) is 4.72. The van der Waals surface area contributed by atoms with Crippen LogP contribution in [0.4, 0.5) is 5.69 Å². The van der Waals surface area contributed by atoms with Crippen molar-refractivity contribution < 1.29 is 23.7 Å². The number of carbonyl (C=O) groups excluding carboxylic acids is 1. The number of benzene rings is 3. The first-order valence-corrected chi connectivity index (χ1v) is 10.7. The van der Waals surface area contributed by atoms with Crippen LogP contribution in [0, 0.1) is 11.3 Å². The summed E-state index contributed by atoms with van der Waals surface area (Å²) in [4.78, 5) is 20.0. The fraction of sp³-hybridized carbons (Fsp3) is 0.115. The zero-order chi connectivity index (χ0) is 24.2. The Hall–Kier alpha value is -4.97. The number of carbonyl (C=O) groups is 1. The second-order valence-electron chi connectivity index (χ2n) is 7.59. The predicted molar refractivity (Wildman–Crippen MR) is 129 cm³/mol. The molecule has 3 aromatic carbocycles. The van der Waals surface area contributed by atoms with E-state index in [-0.39, 0.29) is 19.3 Å². The molecule has 1 amide bonds. The number of imidazole rings is 1. The lowest BCUT2D eigenvalue weighted by atomic mass is 10.1. The van der Waals surface area contributed by atoms with Gasteiger partial charge < -0.3 is 29.2 Å². The van der Waals surface area contributed by atoms with Crippen LogP contribution in [-0.4, -0.2) is 36.4 Å². The Balaban J connectivity index is 1.28. The van der Waals surface area contributed by atoms with Gasteiger partial charge in [-0.15, -0.1) is 0 Å². The molecule has 0 radical (unpaired) electrons. The summed E-state index contributed by atoms with van der Waals surface area (Å²) in [6, 6.07) is 20.1. The van der Waals surface area contributed by atoms with Crippen LogP contribution in [0.5, 0.6) is 23.0 Å². The van der Waals surface area contributed by atoms with Gasteiger partial charge in [0.25, 0.3) is 5.91 Å². The molecule has 2 N–H and O–H groups in total. The Labute approximate surface area is 200 Å². The number of allylic oxidation sites excluding steroid dienone is 1. The van der Waals surface area contributed by atoms with E-state index in [1.54, 1.807) is 42.5 Å². The first kappa shape index (κ1) is 21.9. The van der Waals surface area contributed by atoms with Crippen LogP contribution in [0.15, 0.2) is 60.7 Å². The van der Waals surface area contributed by atoms with Crippen LogP contribution in [-0.2, 0) is 4.79 Å². The van der Waals surface area contributed by atoms with Crippen molar-refractivity contribution in [3.63, 3.8) is 0 Å². The fourth-order valence-corrected chi connectivity index (χ4v) is 3.61. The number of aromatic amines is 1. The monoisotopic (exact) mass is 468 g/mol. The second-order valence-corrected chi connectivity index (χ2v) is 7.59. The van der Waals surface area contributed by atoms with Gasteiger partial charge in [-0.1, -0.05) is 18.2 Å². The van der Waals surface area contributed by atoms with Gasteiger partial charge in [-0.05, 0) is 48.0 Å². The standard InChI is InChI=1S/C26H20N4O5/c1-32-23-11-16(10-17(13-27)26-29-19-4-2-3-5-20(19)30-26)6-8-21(23)33-14-25(31)28-18-7-9-22-24(12-18)35-15-34-22/h2-12H,14-15H2,1H3,(H,28,31)(H,29,30)/b17-10+. The van der Waals surface area contributed by atoms with Crippen molar-refractivity contribution in [2.75, 3.05) is 25.8 Å². The molecule has 1 aromatic heterocycles. The molecule has 0 saturated carbocycles. The highest BCUT2D eigenvalue weighted by atomic mass is 16.7. The maximum absolute atomic E-state index is 12.4. The van der Waals surface area contributed by atoms with E-state index in [2.05, 4.69) is 21.4 Å². The minimum Gasteiger partial charge on any atom is -0.493 e. The number of anilines is 1. The number of ether oxygens (including phenoxy) is 4. The lowest BCUT2D eigenvalue weighted by Gasteiger charge is -2.12. The van der Waals surface area contributed by atoms with Gasteiger partial charge in [0.15, 0.2) is 29.6 Å². The molecule has 174 valence electrons. The van der Waals surface area contributed by atoms with Gasteiger partial charge in [-0.3, -0.25) is 4.79 Å². The van der Waals surface area contributed by atoms with E-state index in [1.807, 2.05) is 24.3 Å². The van der Waals surface area contributed by atoms with Crippen molar-refractivity contribution in [1.82, 2.24) is 9.97 Å². The lowest BCUT2D eigenvalue weighted by molar-refractivity contribution is -0.118. The number of H-pyrrole nitrogens is 1. The highest BCUT2D eigenvalue weighted by Gasteiger charge is 2.15. The van der Waals surface area contributed by atoms with Crippen LogP contribution in [0.1, 0.15) is 11.4 Å². The number of fused-ring (bicyclic) bond motifs is 2. The quantitative estimate of drug-likeness (QED) is 0.386. The SMILES string of the molecule is COc1cc(/C=C(\C#N)c2nc3ccccc3[nH]2)ccc1OCC(=O)Nc1ccc2c(c1)OCO2. The van der Waals surface area contributed by atoms with Crippen molar-refractivity contribution in [1.29, 1.82) is 5.26 Å². The van der Waals surface area contributed by atoms with Gasteiger partial charge in [0, 0.05) is 11.8 Å². The van der Waals surface area contributed by atoms with E-state index in [1.165, 1.54) is 7.11 Å². The maximum atomic E-state index is 12.4.